The van der Waals surface area contributed by atoms with Crippen molar-refractivity contribution in [3.8, 4) is 0 Å². The summed E-state index contributed by atoms with van der Waals surface area (Å²) in [6.07, 6.45) is 0.702. The van der Waals surface area contributed by atoms with E-state index in [0.717, 1.165) is 5.56 Å². The summed E-state index contributed by atoms with van der Waals surface area (Å²) in [4.78, 5) is 25.7. The average Bonchev–Trinajstić information content (AvgIpc) is 2.65. The van der Waals surface area contributed by atoms with E-state index in [9.17, 15) is 27.9 Å². The van der Waals surface area contributed by atoms with Crippen LogP contribution in [0.15, 0.2) is 42.5 Å². The number of carboxylic acids is 1. The fourth-order valence-electron chi connectivity index (χ4n) is 3.45. The molecule has 0 saturated carbocycles. The van der Waals surface area contributed by atoms with Gasteiger partial charge in [0, 0.05) is 19.2 Å². The molecule has 1 aliphatic heterocycles. The minimum absolute atomic E-state index is 0.0937. The van der Waals surface area contributed by atoms with Crippen molar-refractivity contribution in [2.24, 2.45) is 5.41 Å². The summed E-state index contributed by atoms with van der Waals surface area (Å²) in [7, 11) is 0. The van der Waals surface area contributed by atoms with Gasteiger partial charge in [-0.25, -0.2) is 13.2 Å². The highest BCUT2D eigenvalue weighted by Crippen LogP contribution is 2.36. The van der Waals surface area contributed by atoms with Crippen LogP contribution >= 0.6 is 0 Å². The number of nitrogens with zero attached hydrogens (tertiary/aromatic N) is 1. The number of amides is 1. The van der Waals surface area contributed by atoms with Crippen molar-refractivity contribution in [3.63, 3.8) is 0 Å². The molecule has 1 N–H and O–H groups in total. The van der Waals surface area contributed by atoms with Gasteiger partial charge >= 0.3 is 5.97 Å². The third-order valence-corrected chi connectivity index (χ3v) is 5.09. The first kappa shape index (κ1) is 18.9. The van der Waals surface area contributed by atoms with Crippen molar-refractivity contribution in [3.05, 3.63) is 71.0 Å². The molecule has 3 rings (SSSR count). The second-order valence-corrected chi connectivity index (χ2v) is 6.79. The van der Waals surface area contributed by atoms with Gasteiger partial charge in [0.15, 0.2) is 11.6 Å². The minimum Gasteiger partial charge on any atom is -0.481 e. The molecule has 0 aromatic heterocycles. The van der Waals surface area contributed by atoms with Gasteiger partial charge in [-0.2, -0.15) is 0 Å². The first-order valence-electron chi connectivity index (χ1n) is 8.53. The smallest absolute Gasteiger partial charge is 0.310 e. The summed E-state index contributed by atoms with van der Waals surface area (Å²) in [6, 6.07) is 10.1. The molecule has 7 heteroatoms. The molecule has 27 heavy (non-hydrogen) atoms. The number of benzene rings is 2. The number of carbonyl (C=O) groups excluding carboxylic acids is 1. The van der Waals surface area contributed by atoms with Crippen molar-refractivity contribution < 1.29 is 27.9 Å². The molecule has 1 amide bonds. The Hall–Kier alpha value is -2.83. The maximum atomic E-state index is 13.9. The molecule has 142 valence electrons. The Balaban J connectivity index is 1.76. The summed E-state index contributed by atoms with van der Waals surface area (Å²) >= 11 is 0. The molecular weight excluding hydrogens is 359 g/mol. The van der Waals surface area contributed by atoms with E-state index in [4.69, 9.17) is 0 Å². The Kier molecular flexibility index (Phi) is 5.21. The van der Waals surface area contributed by atoms with Crippen LogP contribution in [0.3, 0.4) is 0 Å². The van der Waals surface area contributed by atoms with E-state index < -0.39 is 40.3 Å². The van der Waals surface area contributed by atoms with Crippen LogP contribution in [0.2, 0.25) is 0 Å². The van der Waals surface area contributed by atoms with Crippen LogP contribution in [0.4, 0.5) is 13.2 Å². The quantitative estimate of drug-likeness (QED) is 0.828. The lowest BCUT2D eigenvalue weighted by Crippen LogP contribution is -2.47. The van der Waals surface area contributed by atoms with E-state index in [1.807, 2.05) is 30.3 Å². The normalized spacial score (nSPS) is 16.2. The molecule has 1 fully saturated rings. The predicted octanol–water partition coefficient (Wildman–Crippen LogP) is 3.65. The first-order chi connectivity index (χ1) is 12.8. The molecule has 4 nitrogen and oxygen atoms in total. The van der Waals surface area contributed by atoms with Crippen molar-refractivity contribution in [2.75, 3.05) is 13.1 Å². The van der Waals surface area contributed by atoms with Gasteiger partial charge in [0.1, 0.15) is 5.82 Å². The number of piperidine rings is 1. The highest BCUT2D eigenvalue weighted by Gasteiger charge is 2.42. The third kappa shape index (κ3) is 3.82. The number of hydrogen-bond donors (Lipinski definition) is 1. The highest BCUT2D eigenvalue weighted by atomic mass is 19.2. The largest absolute Gasteiger partial charge is 0.481 e. The molecule has 1 saturated heterocycles. The van der Waals surface area contributed by atoms with Gasteiger partial charge < -0.3 is 10.0 Å². The molecule has 2 aromatic rings. The molecular formula is C20H18F3NO3. The number of carboxylic acid groups (broad SMARTS) is 1. The lowest BCUT2D eigenvalue weighted by molar-refractivity contribution is -0.151. The summed E-state index contributed by atoms with van der Waals surface area (Å²) in [5.74, 6) is -5.53. The molecule has 2 aromatic carbocycles. The predicted molar refractivity (Wildman–Crippen MR) is 91.7 cm³/mol. The van der Waals surface area contributed by atoms with Crippen LogP contribution in [-0.2, 0) is 11.2 Å². The van der Waals surface area contributed by atoms with Crippen LogP contribution < -0.4 is 0 Å². The highest BCUT2D eigenvalue weighted by molar-refractivity contribution is 5.94. The zero-order chi connectivity index (χ0) is 19.6. The van der Waals surface area contributed by atoms with E-state index in [0.29, 0.717) is 18.6 Å². The molecule has 0 atom stereocenters. The number of carbonyl (C=O) groups is 2. The van der Waals surface area contributed by atoms with Gasteiger partial charge in [-0.1, -0.05) is 30.3 Å². The number of hydrogen-bond acceptors (Lipinski definition) is 2. The van der Waals surface area contributed by atoms with Crippen LogP contribution in [0.1, 0.15) is 28.8 Å². The summed E-state index contributed by atoms with van der Waals surface area (Å²) < 4.78 is 40.3. The summed E-state index contributed by atoms with van der Waals surface area (Å²) in [6.45, 7) is 0.187. The van der Waals surface area contributed by atoms with Crippen molar-refractivity contribution in [1.82, 2.24) is 4.90 Å². The van der Waals surface area contributed by atoms with Crippen molar-refractivity contribution in [1.29, 1.82) is 0 Å². The van der Waals surface area contributed by atoms with Gasteiger partial charge in [-0.15, -0.1) is 0 Å². The molecule has 1 aliphatic rings. The molecule has 0 unspecified atom stereocenters. The van der Waals surface area contributed by atoms with Gasteiger partial charge in [0.05, 0.1) is 11.0 Å². The van der Waals surface area contributed by atoms with E-state index in [1.165, 1.54) is 4.90 Å². The monoisotopic (exact) mass is 377 g/mol. The Morgan fingerprint density at radius 3 is 2.15 bits per heavy atom. The summed E-state index contributed by atoms with van der Waals surface area (Å²) in [5.41, 5.74) is -0.698. The zero-order valence-corrected chi connectivity index (χ0v) is 14.4. The van der Waals surface area contributed by atoms with Crippen LogP contribution in [0.25, 0.3) is 0 Å². The SMILES string of the molecule is O=C(c1cc(F)c(F)cc1F)N1CCC(Cc2ccccc2)(C(=O)O)CC1. The van der Waals surface area contributed by atoms with Crippen LogP contribution in [-0.4, -0.2) is 35.0 Å². The van der Waals surface area contributed by atoms with Crippen LogP contribution in [0.5, 0.6) is 0 Å². The average molecular weight is 377 g/mol. The topological polar surface area (TPSA) is 57.6 Å². The molecule has 0 bridgehead atoms. The van der Waals surface area contributed by atoms with E-state index in [-0.39, 0.29) is 25.9 Å². The minimum atomic E-state index is -1.37. The second-order valence-electron chi connectivity index (χ2n) is 6.79. The fourth-order valence-corrected chi connectivity index (χ4v) is 3.45. The second kappa shape index (κ2) is 7.42. The Morgan fingerprint density at radius 1 is 0.963 bits per heavy atom. The van der Waals surface area contributed by atoms with E-state index in [1.54, 1.807) is 0 Å². The van der Waals surface area contributed by atoms with E-state index >= 15 is 0 Å². The Bertz CT molecular complexity index is 862. The lowest BCUT2D eigenvalue weighted by Gasteiger charge is -2.39. The Morgan fingerprint density at radius 2 is 1.56 bits per heavy atom. The van der Waals surface area contributed by atoms with Gasteiger partial charge in [-0.3, -0.25) is 9.59 Å². The van der Waals surface area contributed by atoms with Gasteiger partial charge in [-0.05, 0) is 30.9 Å². The third-order valence-electron chi connectivity index (χ3n) is 5.09. The number of rotatable bonds is 4. The van der Waals surface area contributed by atoms with E-state index in [2.05, 4.69) is 0 Å². The number of halogens is 3. The van der Waals surface area contributed by atoms with Crippen LogP contribution in [0, 0.1) is 22.9 Å². The lowest BCUT2D eigenvalue weighted by atomic mass is 9.73. The molecule has 0 aliphatic carbocycles. The maximum absolute atomic E-state index is 13.9. The molecule has 0 radical (unpaired) electrons. The Labute approximate surface area is 154 Å². The molecule has 0 spiro atoms. The standard InChI is InChI=1S/C20H18F3NO3/c21-15-11-17(23)16(22)10-14(15)18(25)24-8-6-20(7-9-24,19(26)27)12-13-4-2-1-3-5-13/h1-5,10-11H,6-9,12H2,(H,26,27). The summed E-state index contributed by atoms with van der Waals surface area (Å²) in [5, 5.41) is 9.75. The molecule has 1 heterocycles. The fraction of sp³-hybridized carbons (Fsp3) is 0.300. The first-order valence-corrected chi connectivity index (χ1v) is 8.53. The zero-order valence-electron chi connectivity index (χ0n) is 14.4. The van der Waals surface area contributed by atoms with Gasteiger partial charge in [0.2, 0.25) is 0 Å². The number of aliphatic carboxylic acids is 1. The number of likely N-dealkylation sites (tertiary alicyclic amines) is 1. The van der Waals surface area contributed by atoms with Gasteiger partial charge in [0.25, 0.3) is 5.91 Å². The van der Waals surface area contributed by atoms with Crippen molar-refractivity contribution >= 4 is 11.9 Å². The maximum Gasteiger partial charge on any atom is 0.310 e. The van der Waals surface area contributed by atoms with Crippen molar-refractivity contribution in [2.45, 2.75) is 19.3 Å².